The van der Waals surface area contributed by atoms with Gasteiger partial charge in [-0.05, 0) is 51.8 Å². The molecule has 0 aliphatic carbocycles. The van der Waals surface area contributed by atoms with Gasteiger partial charge in [0, 0.05) is 43.4 Å². The molecule has 1 aromatic carbocycles. The summed E-state index contributed by atoms with van der Waals surface area (Å²) in [6.45, 7) is 13.5. The van der Waals surface area contributed by atoms with Crippen molar-refractivity contribution < 1.29 is 0 Å². The van der Waals surface area contributed by atoms with Crippen molar-refractivity contribution >= 4 is 5.69 Å². The zero-order valence-electron chi connectivity index (χ0n) is 13.4. The Bertz CT molecular complexity index is 409. The molecule has 1 saturated heterocycles. The van der Waals surface area contributed by atoms with E-state index in [1.165, 1.54) is 11.3 Å². The van der Waals surface area contributed by atoms with E-state index in [1.807, 2.05) is 0 Å². The van der Waals surface area contributed by atoms with Gasteiger partial charge in [-0.3, -0.25) is 4.90 Å². The number of rotatable bonds is 3. The average molecular weight is 275 g/mol. The van der Waals surface area contributed by atoms with E-state index in [9.17, 15) is 0 Å². The van der Waals surface area contributed by atoms with E-state index in [2.05, 4.69) is 61.8 Å². The predicted octanol–water partition coefficient (Wildman–Crippen LogP) is 2.50. The summed E-state index contributed by atoms with van der Waals surface area (Å²) in [6.07, 6.45) is 0.956. The van der Waals surface area contributed by atoms with Crippen LogP contribution in [0.4, 0.5) is 5.69 Å². The van der Waals surface area contributed by atoms with Gasteiger partial charge < -0.3 is 10.6 Å². The maximum Gasteiger partial charge on any atom is 0.0367 e. The molecule has 0 radical (unpaired) electrons. The number of nitrogens with two attached hydrogens (primary N) is 1. The molecule has 0 aromatic heterocycles. The Labute approximate surface area is 123 Å². The largest absolute Gasteiger partial charge is 0.369 e. The molecule has 1 atom stereocenters. The maximum absolute atomic E-state index is 5.85. The van der Waals surface area contributed by atoms with Gasteiger partial charge in [0.1, 0.15) is 0 Å². The molecule has 0 saturated carbocycles. The Kier molecular flexibility index (Phi) is 4.71. The molecule has 1 fully saturated rings. The zero-order chi connectivity index (χ0) is 14.8. The van der Waals surface area contributed by atoms with Gasteiger partial charge in [0.25, 0.3) is 0 Å². The smallest absolute Gasteiger partial charge is 0.0367 e. The third-order valence-electron chi connectivity index (χ3n) is 4.09. The molecular weight excluding hydrogens is 246 g/mol. The highest BCUT2D eigenvalue weighted by molar-refractivity contribution is 5.48. The first-order valence-electron chi connectivity index (χ1n) is 7.71. The van der Waals surface area contributed by atoms with Crippen LogP contribution in [0.25, 0.3) is 0 Å². The lowest BCUT2D eigenvalue weighted by Gasteiger charge is -2.43. The van der Waals surface area contributed by atoms with Crippen LogP contribution >= 0.6 is 0 Å². The third kappa shape index (κ3) is 3.97. The summed E-state index contributed by atoms with van der Waals surface area (Å²) in [7, 11) is 0. The second-order valence-corrected chi connectivity index (χ2v) is 6.99. The summed E-state index contributed by atoms with van der Waals surface area (Å²) in [5.41, 5.74) is 8.80. The number of piperazine rings is 1. The van der Waals surface area contributed by atoms with Crippen molar-refractivity contribution in [3.8, 4) is 0 Å². The summed E-state index contributed by atoms with van der Waals surface area (Å²) in [6, 6.07) is 9.15. The Morgan fingerprint density at radius 1 is 1.05 bits per heavy atom. The van der Waals surface area contributed by atoms with Gasteiger partial charge >= 0.3 is 0 Å². The summed E-state index contributed by atoms with van der Waals surface area (Å²) < 4.78 is 0. The molecule has 2 rings (SSSR count). The van der Waals surface area contributed by atoms with Gasteiger partial charge in [0.05, 0.1) is 0 Å². The predicted molar refractivity (Wildman–Crippen MR) is 87.3 cm³/mol. The topological polar surface area (TPSA) is 32.5 Å². The minimum Gasteiger partial charge on any atom is -0.369 e. The van der Waals surface area contributed by atoms with Gasteiger partial charge in [-0.15, -0.1) is 0 Å². The third-order valence-corrected chi connectivity index (χ3v) is 4.09. The standard InChI is InChI=1S/C17H29N3/c1-14(18)13-15-5-7-16(8-6-15)19-9-11-20(12-10-19)17(2,3)4/h5-8,14H,9-13,18H2,1-4H3. The van der Waals surface area contributed by atoms with E-state index in [1.54, 1.807) is 0 Å². The quantitative estimate of drug-likeness (QED) is 0.920. The normalized spacial score (nSPS) is 19.1. The van der Waals surface area contributed by atoms with Crippen LogP contribution in [-0.2, 0) is 6.42 Å². The molecule has 1 aliphatic heterocycles. The van der Waals surface area contributed by atoms with Gasteiger partial charge in [0.2, 0.25) is 0 Å². The Morgan fingerprint density at radius 3 is 2.05 bits per heavy atom. The van der Waals surface area contributed by atoms with Crippen molar-refractivity contribution in [2.24, 2.45) is 5.73 Å². The van der Waals surface area contributed by atoms with Crippen molar-refractivity contribution in [1.29, 1.82) is 0 Å². The van der Waals surface area contributed by atoms with Gasteiger partial charge in [-0.1, -0.05) is 12.1 Å². The average Bonchev–Trinajstić information content (AvgIpc) is 2.38. The Balaban J connectivity index is 1.94. The van der Waals surface area contributed by atoms with E-state index < -0.39 is 0 Å². The lowest BCUT2D eigenvalue weighted by atomic mass is 10.0. The van der Waals surface area contributed by atoms with Crippen LogP contribution in [0.15, 0.2) is 24.3 Å². The highest BCUT2D eigenvalue weighted by atomic mass is 15.3. The number of nitrogens with zero attached hydrogens (tertiary/aromatic N) is 2. The Hall–Kier alpha value is -1.06. The fraction of sp³-hybridized carbons (Fsp3) is 0.647. The van der Waals surface area contributed by atoms with Crippen molar-refractivity contribution in [3.63, 3.8) is 0 Å². The van der Waals surface area contributed by atoms with Crippen molar-refractivity contribution in [3.05, 3.63) is 29.8 Å². The monoisotopic (exact) mass is 275 g/mol. The molecule has 0 spiro atoms. The van der Waals surface area contributed by atoms with Crippen molar-refractivity contribution in [1.82, 2.24) is 4.90 Å². The zero-order valence-corrected chi connectivity index (χ0v) is 13.4. The number of benzene rings is 1. The minimum atomic E-state index is 0.233. The fourth-order valence-corrected chi connectivity index (χ4v) is 2.85. The van der Waals surface area contributed by atoms with Gasteiger partial charge in [0.15, 0.2) is 0 Å². The molecule has 1 heterocycles. The summed E-state index contributed by atoms with van der Waals surface area (Å²) in [5.74, 6) is 0. The van der Waals surface area contributed by atoms with E-state index in [0.717, 1.165) is 32.6 Å². The lowest BCUT2D eigenvalue weighted by Crippen LogP contribution is -2.53. The van der Waals surface area contributed by atoms with Crippen LogP contribution in [0.1, 0.15) is 33.3 Å². The van der Waals surface area contributed by atoms with Crippen LogP contribution in [0.5, 0.6) is 0 Å². The SMILES string of the molecule is CC(N)Cc1ccc(N2CCN(C(C)(C)C)CC2)cc1. The molecule has 1 aliphatic rings. The van der Waals surface area contributed by atoms with Crippen LogP contribution in [0.2, 0.25) is 0 Å². The van der Waals surface area contributed by atoms with Crippen molar-refractivity contribution in [2.45, 2.75) is 45.7 Å². The highest BCUT2D eigenvalue weighted by Gasteiger charge is 2.25. The highest BCUT2D eigenvalue weighted by Crippen LogP contribution is 2.21. The van der Waals surface area contributed by atoms with E-state index in [0.29, 0.717) is 0 Å². The summed E-state index contributed by atoms with van der Waals surface area (Å²) >= 11 is 0. The fourth-order valence-electron chi connectivity index (χ4n) is 2.85. The molecule has 1 unspecified atom stereocenters. The number of anilines is 1. The molecule has 20 heavy (non-hydrogen) atoms. The van der Waals surface area contributed by atoms with Crippen LogP contribution in [0, 0.1) is 0 Å². The molecule has 3 nitrogen and oxygen atoms in total. The molecule has 1 aromatic rings. The molecule has 3 heteroatoms. The van der Waals surface area contributed by atoms with E-state index in [4.69, 9.17) is 5.73 Å². The van der Waals surface area contributed by atoms with E-state index in [-0.39, 0.29) is 11.6 Å². The summed E-state index contributed by atoms with van der Waals surface area (Å²) in [5, 5.41) is 0. The van der Waals surface area contributed by atoms with Gasteiger partial charge in [-0.25, -0.2) is 0 Å². The van der Waals surface area contributed by atoms with Gasteiger partial charge in [-0.2, -0.15) is 0 Å². The molecular formula is C17H29N3. The maximum atomic E-state index is 5.85. The number of hydrogen-bond acceptors (Lipinski definition) is 3. The van der Waals surface area contributed by atoms with Crippen LogP contribution in [0.3, 0.4) is 0 Å². The molecule has 0 bridgehead atoms. The minimum absolute atomic E-state index is 0.233. The van der Waals surface area contributed by atoms with E-state index >= 15 is 0 Å². The number of hydrogen-bond donors (Lipinski definition) is 1. The van der Waals surface area contributed by atoms with Crippen LogP contribution in [-0.4, -0.2) is 42.7 Å². The lowest BCUT2D eigenvalue weighted by molar-refractivity contribution is 0.128. The first kappa shape index (κ1) is 15.3. The molecule has 112 valence electrons. The first-order valence-corrected chi connectivity index (χ1v) is 7.71. The van der Waals surface area contributed by atoms with Crippen LogP contribution < -0.4 is 10.6 Å². The second-order valence-electron chi connectivity index (χ2n) is 6.99. The Morgan fingerprint density at radius 2 is 1.60 bits per heavy atom. The molecule has 2 N–H and O–H groups in total. The molecule has 0 amide bonds. The van der Waals surface area contributed by atoms with Crippen molar-refractivity contribution in [2.75, 3.05) is 31.1 Å². The summed E-state index contributed by atoms with van der Waals surface area (Å²) in [4.78, 5) is 5.05. The first-order chi connectivity index (χ1) is 9.36. The second kappa shape index (κ2) is 6.15.